The third kappa shape index (κ3) is 32.7. The molecule has 1 atom stereocenters. The van der Waals surface area contributed by atoms with Gasteiger partial charge < -0.3 is 19.3 Å². The summed E-state index contributed by atoms with van der Waals surface area (Å²) in [6.07, 6.45) is 31.6. The van der Waals surface area contributed by atoms with Crippen molar-refractivity contribution in [3.8, 4) is 0 Å². The summed E-state index contributed by atoms with van der Waals surface area (Å²) in [6, 6.07) is 0.158. The average Bonchev–Trinajstić information content (AvgIpc) is 3.17. The van der Waals surface area contributed by atoms with E-state index < -0.39 is 18.3 Å². The first-order valence-electron chi connectivity index (χ1n) is 24.2. The van der Waals surface area contributed by atoms with Gasteiger partial charge in [0, 0.05) is 31.8 Å². The Morgan fingerprint density at radius 2 is 1.02 bits per heavy atom. The molecule has 0 heterocycles. The van der Waals surface area contributed by atoms with Gasteiger partial charge in [0.25, 0.3) is 0 Å². The van der Waals surface area contributed by atoms with Gasteiger partial charge in [-0.1, -0.05) is 162 Å². The van der Waals surface area contributed by atoms with Crippen LogP contribution in [0.2, 0.25) is 0 Å². The van der Waals surface area contributed by atoms with Crippen molar-refractivity contribution in [1.82, 2.24) is 9.80 Å². The number of hydrogen-bond donors (Lipinski definition) is 0. The van der Waals surface area contributed by atoms with Crippen molar-refractivity contribution in [2.75, 3.05) is 40.4 Å². The van der Waals surface area contributed by atoms with Crippen molar-refractivity contribution in [1.29, 1.82) is 0 Å². The summed E-state index contributed by atoms with van der Waals surface area (Å²) in [5, 5.41) is 0. The van der Waals surface area contributed by atoms with Gasteiger partial charge in [-0.05, 0) is 78.4 Å². The Morgan fingerprint density at radius 3 is 1.58 bits per heavy atom. The van der Waals surface area contributed by atoms with Crippen molar-refractivity contribution in [3.05, 3.63) is 0 Å². The molecule has 0 bridgehead atoms. The number of nitrogens with zero attached hydrogens (tertiary/aromatic N) is 2. The van der Waals surface area contributed by atoms with Crippen LogP contribution in [-0.4, -0.2) is 80.0 Å². The highest BCUT2D eigenvalue weighted by Gasteiger charge is 2.39. The highest BCUT2D eigenvalue weighted by molar-refractivity contribution is 5.77. The number of esters is 2. The summed E-state index contributed by atoms with van der Waals surface area (Å²) in [7, 11) is 4.08. The SMILES string of the molecule is CCCCCCCCCCC(CCCCCCC(F)(F)C(=O)OCC)N(CCCCCCCC(=O)OCCC(CCCCC)CCCCC)C(=O)CCCN(C)C. The van der Waals surface area contributed by atoms with Gasteiger partial charge in [0.2, 0.25) is 5.91 Å². The first-order valence-corrected chi connectivity index (χ1v) is 24.2. The van der Waals surface area contributed by atoms with Crippen LogP contribution >= 0.6 is 0 Å². The smallest absolute Gasteiger partial charge is 0.376 e. The Labute approximate surface area is 350 Å². The van der Waals surface area contributed by atoms with Crippen molar-refractivity contribution in [2.45, 2.75) is 245 Å². The molecule has 0 N–H and O–H groups in total. The van der Waals surface area contributed by atoms with Crippen molar-refractivity contribution < 1.29 is 32.6 Å². The number of hydrogen-bond acceptors (Lipinski definition) is 6. The van der Waals surface area contributed by atoms with Gasteiger partial charge in [0.15, 0.2) is 0 Å². The normalized spacial score (nSPS) is 12.4. The molecule has 0 aliphatic heterocycles. The number of carbonyl (C=O) groups excluding carboxylic acids is 3. The van der Waals surface area contributed by atoms with Crippen LogP contribution in [0.4, 0.5) is 8.78 Å². The third-order valence-corrected chi connectivity index (χ3v) is 11.5. The number of halogens is 2. The van der Waals surface area contributed by atoms with Crippen LogP contribution in [0, 0.1) is 5.92 Å². The molecule has 1 unspecified atom stereocenters. The number of amides is 1. The molecule has 338 valence electrons. The van der Waals surface area contributed by atoms with Crippen molar-refractivity contribution in [2.24, 2.45) is 5.92 Å². The molecule has 0 aromatic heterocycles. The zero-order chi connectivity index (χ0) is 42.4. The van der Waals surface area contributed by atoms with E-state index in [9.17, 15) is 23.2 Å². The van der Waals surface area contributed by atoms with Gasteiger partial charge >= 0.3 is 17.9 Å². The second-order valence-electron chi connectivity index (χ2n) is 17.2. The van der Waals surface area contributed by atoms with Gasteiger partial charge in [-0.25, -0.2) is 4.79 Å². The largest absolute Gasteiger partial charge is 0.466 e. The van der Waals surface area contributed by atoms with E-state index in [-0.39, 0.29) is 30.9 Å². The molecule has 0 spiro atoms. The number of alkyl halides is 2. The first-order chi connectivity index (χ1) is 27.5. The molecule has 0 saturated carbocycles. The van der Waals surface area contributed by atoms with Gasteiger partial charge in [-0.15, -0.1) is 0 Å². The van der Waals surface area contributed by atoms with E-state index in [1.165, 1.54) is 103 Å². The molecule has 0 aliphatic carbocycles. The molecule has 0 rings (SSSR count). The van der Waals surface area contributed by atoms with E-state index in [1.54, 1.807) is 0 Å². The number of unbranched alkanes of at least 4 members (excludes halogenated alkanes) is 18. The third-order valence-electron chi connectivity index (χ3n) is 11.5. The van der Waals surface area contributed by atoms with Crippen LogP contribution in [-0.2, 0) is 23.9 Å². The molecule has 7 nitrogen and oxygen atoms in total. The van der Waals surface area contributed by atoms with Gasteiger partial charge in [-0.2, -0.15) is 8.78 Å². The van der Waals surface area contributed by atoms with Gasteiger partial charge in [0.1, 0.15) is 0 Å². The fourth-order valence-corrected chi connectivity index (χ4v) is 7.88. The number of ether oxygens (including phenoxy) is 2. The van der Waals surface area contributed by atoms with E-state index in [0.29, 0.717) is 31.8 Å². The number of carbonyl (C=O) groups is 3. The quantitative estimate of drug-likeness (QED) is 0.0451. The minimum atomic E-state index is -3.43. The monoisotopic (exact) mass is 815 g/mol. The van der Waals surface area contributed by atoms with E-state index in [1.807, 2.05) is 14.1 Å². The molecule has 57 heavy (non-hydrogen) atoms. The van der Waals surface area contributed by atoms with Crippen molar-refractivity contribution in [3.63, 3.8) is 0 Å². The van der Waals surface area contributed by atoms with E-state index in [0.717, 1.165) is 90.1 Å². The predicted molar refractivity (Wildman–Crippen MR) is 235 cm³/mol. The maximum absolute atomic E-state index is 14.1. The lowest BCUT2D eigenvalue weighted by molar-refractivity contribution is -0.172. The summed E-state index contributed by atoms with van der Waals surface area (Å²) >= 11 is 0. The highest BCUT2D eigenvalue weighted by atomic mass is 19.3. The van der Waals surface area contributed by atoms with Crippen LogP contribution < -0.4 is 0 Å². The Bertz CT molecular complexity index is 940. The molecule has 0 saturated heterocycles. The van der Waals surface area contributed by atoms with E-state index >= 15 is 0 Å². The lowest BCUT2D eigenvalue weighted by atomic mass is 9.92. The minimum absolute atomic E-state index is 0.0471. The Balaban J connectivity index is 5.08. The molecule has 0 aromatic rings. The van der Waals surface area contributed by atoms with Crippen LogP contribution in [0.5, 0.6) is 0 Å². The molecule has 0 radical (unpaired) electrons. The summed E-state index contributed by atoms with van der Waals surface area (Å²) in [4.78, 5) is 42.2. The summed E-state index contributed by atoms with van der Waals surface area (Å²) in [5.74, 6) is -4.02. The fraction of sp³-hybridized carbons (Fsp3) is 0.938. The average molecular weight is 815 g/mol. The Hall–Kier alpha value is -1.77. The van der Waals surface area contributed by atoms with E-state index in [4.69, 9.17) is 4.74 Å². The van der Waals surface area contributed by atoms with Crippen molar-refractivity contribution >= 4 is 17.8 Å². The topological polar surface area (TPSA) is 76.1 Å². The molecule has 0 aliphatic rings. The van der Waals surface area contributed by atoms with E-state index in [2.05, 4.69) is 35.3 Å². The molecular weight excluding hydrogens is 723 g/mol. The fourth-order valence-electron chi connectivity index (χ4n) is 7.88. The van der Waals surface area contributed by atoms with Crippen LogP contribution in [0.15, 0.2) is 0 Å². The molecule has 9 heteroatoms. The molecule has 0 aromatic carbocycles. The number of rotatable bonds is 42. The lowest BCUT2D eigenvalue weighted by Gasteiger charge is -2.33. The highest BCUT2D eigenvalue weighted by Crippen LogP contribution is 2.26. The summed E-state index contributed by atoms with van der Waals surface area (Å²) < 4.78 is 38.5. The molecule has 0 fully saturated rings. The second kappa shape index (κ2) is 38.4. The zero-order valence-electron chi connectivity index (χ0n) is 38.3. The van der Waals surface area contributed by atoms with Gasteiger partial charge in [0.05, 0.1) is 13.2 Å². The maximum Gasteiger partial charge on any atom is 0.376 e. The zero-order valence-corrected chi connectivity index (χ0v) is 38.3. The Kier molecular flexibility index (Phi) is 37.2. The van der Waals surface area contributed by atoms with Crippen LogP contribution in [0.25, 0.3) is 0 Å². The maximum atomic E-state index is 14.1. The van der Waals surface area contributed by atoms with Crippen LogP contribution in [0.1, 0.15) is 233 Å². The minimum Gasteiger partial charge on any atom is -0.466 e. The molecular formula is C48H92F2N2O5. The second-order valence-corrected chi connectivity index (χ2v) is 17.2. The van der Waals surface area contributed by atoms with Crippen LogP contribution in [0.3, 0.4) is 0 Å². The first kappa shape index (κ1) is 55.2. The summed E-state index contributed by atoms with van der Waals surface area (Å²) in [5.41, 5.74) is 0. The Morgan fingerprint density at radius 1 is 0.526 bits per heavy atom. The predicted octanol–water partition coefficient (Wildman–Crippen LogP) is 13.6. The molecule has 1 amide bonds. The lowest BCUT2D eigenvalue weighted by Crippen LogP contribution is -2.41. The standard InChI is InChI=1S/C48H92F2N2O5/c1-7-11-14-15-16-17-19-26-34-44(35-27-21-22-29-39-48(49,50)47(55)56-10-4)52(45(53)36-31-40-51(5)6)41-30-23-18-20-28-37-46(54)57-42-38-43(32-24-12-8-2)33-25-13-9-3/h43-44H,7-42H2,1-6H3. The summed E-state index contributed by atoms with van der Waals surface area (Å²) in [6.45, 7) is 10.4. The van der Waals surface area contributed by atoms with Gasteiger partial charge in [-0.3, -0.25) is 9.59 Å².